The molecule has 0 unspecified atom stereocenters. The monoisotopic (exact) mass is 415 g/mol. The fourth-order valence-corrected chi connectivity index (χ4v) is 2.66. The molecule has 0 bridgehead atoms. The number of halogens is 1. The van der Waals surface area contributed by atoms with E-state index in [1.54, 1.807) is 6.07 Å². The van der Waals surface area contributed by atoms with Gasteiger partial charge in [-0.3, -0.25) is 9.59 Å². The van der Waals surface area contributed by atoms with Crippen LogP contribution in [0.1, 0.15) is 22.8 Å². The van der Waals surface area contributed by atoms with E-state index >= 15 is 0 Å². The quantitative estimate of drug-likeness (QED) is 0.422. The topological polar surface area (TPSA) is 100 Å². The lowest BCUT2D eigenvalue weighted by Gasteiger charge is -2.10. The molecule has 0 aliphatic carbocycles. The molecule has 1 aliphatic heterocycles. The van der Waals surface area contributed by atoms with Gasteiger partial charge >= 0.3 is 5.97 Å². The van der Waals surface area contributed by atoms with Crippen LogP contribution in [0.5, 0.6) is 17.2 Å². The van der Waals surface area contributed by atoms with Crippen molar-refractivity contribution >= 4 is 29.4 Å². The smallest absolute Gasteiger partial charge is 0.331 e. The maximum absolute atomic E-state index is 13.6. The highest BCUT2D eigenvalue weighted by atomic mass is 19.1. The number of carbonyl (C=O) groups is 3. The van der Waals surface area contributed by atoms with E-state index in [-0.39, 0.29) is 29.6 Å². The van der Waals surface area contributed by atoms with E-state index in [0.717, 1.165) is 6.08 Å². The molecule has 30 heavy (non-hydrogen) atoms. The minimum absolute atomic E-state index is 0.0200. The molecule has 3 rings (SSSR count). The van der Waals surface area contributed by atoms with Crippen LogP contribution in [-0.2, 0) is 14.3 Å². The molecule has 2 aromatic carbocycles. The number of hydrogen-bond acceptors (Lipinski definition) is 7. The summed E-state index contributed by atoms with van der Waals surface area (Å²) in [6.45, 7) is 0.790. The van der Waals surface area contributed by atoms with Crippen molar-refractivity contribution in [2.24, 2.45) is 0 Å². The van der Waals surface area contributed by atoms with E-state index in [1.807, 2.05) is 0 Å². The fraction of sp³-hybridized carbons (Fsp3) is 0.190. The van der Waals surface area contributed by atoms with E-state index < -0.39 is 24.3 Å². The Morgan fingerprint density at radius 3 is 2.57 bits per heavy atom. The van der Waals surface area contributed by atoms with Crippen LogP contribution in [0.15, 0.2) is 36.4 Å². The van der Waals surface area contributed by atoms with Gasteiger partial charge in [0.25, 0.3) is 5.91 Å². The van der Waals surface area contributed by atoms with Gasteiger partial charge in [0.1, 0.15) is 0 Å². The van der Waals surface area contributed by atoms with Gasteiger partial charge in [0, 0.05) is 17.7 Å². The van der Waals surface area contributed by atoms with Crippen LogP contribution in [0.2, 0.25) is 0 Å². The van der Waals surface area contributed by atoms with Gasteiger partial charge in [-0.05, 0) is 36.8 Å². The Labute approximate surface area is 171 Å². The summed E-state index contributed by atoms with van der Waals surface area (Å²) in [7, 11) is 1.35. The van der Waals surface area contributed by atoms with Crippen LogP contribution in [0.4, 0.5) is 10.1 Å². The van der Waals surface area contributed by atoms with E-state index in [4.69, 9.17) is 18.9 Å². The third kappa shape index (κ3) is 4.93. The largest absolute Gasteiger partial charge is 0.494 e. The number of Topliss-reactive ketones (excluding diaryl/α,β-unsaturated/α-hetero) is 1. The number of fused-ring (bicyclic) bond motifs is 1. The number of benzene rings is 2. The second-order valence-electron chi connectivity index (χ2n) is 6.19. The standard InChI is InChI=1S/C21H18FNO7/c1-12(24)14-8-18-19(30-11-29-18)9-16(14)23-20(25)10-28-21(26)6-4-13-3-5-17(27-2)15(22)7-13/h3-9H,10-11H2,1-2H3,(H,23,25)/b6-4+. The Morgan fingerprint density at radius 2 is 1.90 bits per heavy atom. The Bertz CT molecular complexity index is 1030. The molecule has 8 nitrogen and oxygen atoms in total. The highest BCUT2D eigenvalue weighted by molar-refractivity contribution is 6.05. The molecule has 0 spiro atoms. The Balaban J connectivity index is 1.58. The Morgan fingerprint density at radius 1 is 1.17 bits per heavy atom. The molecule has 0 fully saturated rings. The summed E-state index contributed by atoms with van der Waals surface area (Å²) in [6.07, 6.45) is 2.41. The number of hydrogen-bond donors (Lipinski definition) is 1. The van der Waals surface area contributed by atoms with Crippen molar-refractivity contribution in [2.45, 2.75) is 6.92 Å². The molecule has 0 aromatic heterocycles. The van der Waals surface area contributed by atoms with E-state index in [1.165, 1.54) is 44.4 Å². The van der Waals surface area contributed by atoms with Gasteiger partial charge < -0.3 is 24.3 Å². The summed E-state index contributed by atoms with van der Waals surface area (Å²) in [5.74, 6) is -1.41. The van der Waals surface area contributed by atoms with Crippen molar-refractivity contribution < 1.29 is 37.7 Å². The predicted octanol–water partition coefficient (Wildman–Crippen LogP) is 2.96. The minimum atomic E-state index is -0.793. The SMILES string of the molecule is COc1ccc(/C=C/C(=O)OCC(=O)Nc2cc3c(cc2C(C)=O)OCO3)cc1F. The van der Waals surface area contributed by atoms with Crippen LogP contribution < -0.4 is 19.5 Å². The normalized spacial score (nSPS) is 12.0. The molecule has 1 N–H and O–H groups in total. The van der Waals surface area contributed by atoms with E-state index in [9.17, 15) is 18.8 Å². The van der Waals surface area contributed by atoms with Gasteiger partial charge in [-0.15, -0.1) is 0 Å². The number of rotatable bonds is 7. The zero-order valence-corrected chi connectivity index (χ0v) is 16.2. The molecule has 0 atom stereocenters. The van der Waals surface area contributed by atoms with Crippen LogP contribution in [-0.4, -0.2) is 38.2 Å². The average molecular weight is 415 g/mol. The van der Waals surface area contributed by atoms with Crippen molar-refractivity contribution in [1.29, 1.82) is 0 Å². The lowest BCUT2D eigenvalue weighted by Crippen LogP contribution is -2.21. The van der Waals surface area contributed by atoms with Gasteiger partial charge in [-0.2, -0.15) is 0 Å². The van der Waals surface area contributed by atoms with Gasteiger partial charge in [0.2, 0.25) is 6.79 Å². The number of esters is 1. The number of anilines is 1. The first-order chi connectivity index (χ1) is 14.4. The van der Waals surface area contributed by atoms with Crippen LogP contribution >= 0.6 is 0 Å². The molecule has 9 heteroatoms. The molecule has 156 valence electrons. The third-order valence-electron chi connectivity index (χ3n) is 4.10. The molecule has 0 saturated carbocycles. The first-order valence-corrected chi connectivity index (χ1v) is 8.80. The Hall–Kier alpha value is -3.88. The third-order valence-corrected chi connectivity index (χ3v) is 4.10. The highest BCUT2D eigenvalue weighted by Crippen LogP contribution is 2.37. The summed E-state index contributed by atoms with van der Waals surface area (Å²) < 4.78 is 33.8. The summed E-state index contributed by atoms with van der Waals surface area (Å²) in [5.41, 5.74) is 0.874. The van der Waals surface area contributed by atoms with Crippen molar-refractivity contribution in [3.05, 3.63) is 53.4 Å². The number of carbonyl (C=O) groups excluding carboxylic acids is 3. The molecule has 1 amide bonds. The fourth-order valence-electron chi connectivity index (χ4n) is 2.66. The van der Waals surface area contributed by atoms with Gasteiger partial charge in [-0.1, -0.05) is 6.07 Å². The Kier molecular flexibility index (Phi) is 6.31. The van der Waals surface area contributed by atoms with Crippen molar-refractivity contribution in [3.8, 4) is 17.2 Å². The number of ether oxygens (including phenoxy) is 4. The number of nitrogens with one attached hydrogen (secondary N) is 1. The molecular weight excluding hydrogens is 397 g/mol. The molecule has 2 aromatic rings. The van der Waals surface area contributed by atoms with Crippen molar-refractivity contribution in [2.75, 3.05) is 25.8 Å². The zero-order chi connectivity index (χ0) is 21.7. The van der Waals surface area contributed by atoms with Crippen LogP contribution in [0, 0.1) is 5.82 Å². The van der Waals surface area contributed by atoms with E-state index in [2.05, 4.69) is 5.32 Å². The summed E-state index contributed by atoms with van der Waals surface area (Å²) in [5, 5.41) is 2.51. The number of amides is 1. The minimum Gasteiger partial charge on any atom is -0.494 e. The zero-order valence-electron chi connectivity index (χ0n) is 16.2. The lowest BCUT2D eigenvalue weighted by molar-refractivity contribution is -0.142. The maximum Gasteiger partial charge on any atom is 0.331 e. The second-order valence-corrected chi connectivity index (χ2v) is 6.19. The predicted molar refractivity (Wildman–Crippen MR) is 104 cm³/mol. The molecule has 1 aliphatic rings. The maximum atomic E-state index is 13.6. The number of ketones is 1. The molecular formula is C21H18FNO7. The summed E-state index contributed by atoms with van der Waals surface area (Å²) in [4.78, 5) is 35.8. The van der Waals surface area contributed by atoms with Gasteiger partial charge in [0.15, 0.2) is 35.5 Å². The summed E-state index contributed by atoms with van der Waals surface area (Å²) in [6, 6.07) is 7.12. The highest BCUT2D eigenvalue weighted by Gasteiger charge is 2.20. The van der Waals surface area contributed by atoms with Crippen LogP contribution in [0.25, 0.3) is 6.08 Å². The first-order valence-electron chi connectivity index (χ1n) is 8.80. The van der Waals surface area contributed by atoms with Gasteiger partial charge in [-0.25, -0.2) is 9.18 Å². The molecule has 0 saturated heterocycles. The molecule has 1 heterocycles. The van der Waals surface area contributed by atoms with E-state index in [0.29, 0.717) is 17.1 Å². The summed E-state index contributed by atoms with van der Waals surface area (Å²) >= 11 is 0. The lowest BCUT2D eigenvalue weighted by atomic mass is 10.1. The molecule has 0 radical (unpaired) electrons. The number of methoxy groups -OCH3 is 1. The van der Waals surface area contributed by atoms with Crippen LogP contribution in [0.3, 0.4) is 0 Å². The van der Waals surface area contributed by atoms with Gasteiger partial charge in [0.05, 0.1) is 12.8 Å². The second kappa shape index (κ2) is 9.08. The van der Waals surface area contributed by atoms with Crippen molar-refractivity contribution in [3.63, 3.8) is 0 Å². The van der Waals surface area contributed by atoms with Crippen molar-refractivity contribution in [1.82, 2.24) is 0 Å². The first kappa shape index (κ1) is 20.8. The average Bonchev–Trinajstić information content (AvgIpc) is 3.17.